The lowest BCUT2D eigenvalue weighted by Crippen LogP contribution is -2.28. The number of aromatic nitrogens is 1. The van der Waals surface area contributed by atoms with E-state index in [1.165, 1.54) is 0 Å². The maximum absolute atomic E-state index is 12.8. The third-order valence-corrected chi connectivity index (χ3v) is 6.50. The maximum Gasteiger partial charge on any atom is 0.231 e. The summed E-state index contributed by atoms with van der Waals surface area (Å²) in [6.45, 7) is 0.516. The molecule has 32 heavy (non-hydrogen) atoms. The Balaban J connectivity index is 1.17. The van der Waals surface area contributed by atoms with Gasteiger partial charge in [0.25, 0.3) is 0 Å². The van der Waals surface area contributed by atoms with Crippen LogP contribution in [-0.2, 0) is 15.3 Å². The second-order valence-electron chi connectivity index (χ2n) is 7.61. The molecule has 7 nitrogen and oxygen atoms in total. The summed E-state index contributed by atoms with van der Waals surface area (Å²) in [7, 11) is 0. The van der Waals surface area contributed by atoms with Gasteiger partial charge in [-0.1, -0.05) is 6.07 Å². The number of hydrogen-bond donors (Lipinski definition) is 1. The van der Waals surface area contributed by atoms with Crippen LogP contribution in [0.25, 0.3) is 0 Å². The normalized spacial score (nSPS) is 16.9. The first-order chi connectivity index (χ1) is 15.7. The molecule has 2 aromatic carbocycles. The predicted molar refractivity (Wildman–Crippen MR) is 122 cm³/mol. The van der Waals surface area contributed by atoms with E-state index in [4.69, 9.17) is 9.47 Å². The molecule has 1 unspecified atom stereocenters. The quantitative estimate of drug-likeness (QED) is 0.573. The van der Waals surface area contributed by atoms with Crippen molar-refractivity contribution in [3.63, 3.8) is 0 Å². The van der Waals surface area contributed by atoms with Crippen LogP contribution in [-0.4, -0.2) is 30.1 Å². The summed E-state index contributed by atoms with van der Waals surface area (Å²) in [6.07, 6.45) is 3.80. The average molecular weight is 448 g/mol. The molecule has 3 heterocycles. The second kappa shape index (κ2) is 8.92. The zero-order valence-electron chi connectivity index (χ0n) is 17.2. The molecule has 0 radical (unpaired) electrons. The van der Waals surface area contributed by atoms with Crippen molar-refractivity contribution in [2.75, 3.05) is 23.6 Å². The van der Waals surface area contributed by atoms with E-state index in [1.54, 1.807) is 35.0 Å². The lowest BCUT2D eigenvalue weighted by Gasteiger charge is -2.17. The van der Waals surface area contributed by atoms with Crippen LogP contribution < -0.4 is 19.7 Å². The fraction of sp³-hybridized carbons (Fsp3) is 0.208. The van der Waals surface area contributed by atoms with Gasteiger partial charge in [0.1, 0.15) is 0 Å². The third kappa shape index (κ3) is 4.40. The van der Waals surface area contributed by atoms with Gasteiger partial charge in [-0.3, -0.25) is 14.6 Å². The summed E-state index contributed by atoms with van der Waals surface area (Å²) in [6, 6.07) is 17.1. The number of rotatable bonds is 6. The van der Waals surface area contributed by atoms with Gasteiger partial charge < -0.3 is 19.7 Å². The molecule has 1 saturated heterocycles. The number of fused-ring (bicyclic) bond motifs is 1. The Labute approximate surface area is 189 Å². The fourth-order valence-corrected chi connectivity index (χ4v) is 4.55. The maximum atomic E-state index is 12.8. The van der Waals surface area contributed by atoms with Crippen LogP contribution in [0.1, 0.15) is 12.0 Å². The van der Waals surface area contributed by atoms with E-state index in [1.807, 2.05) is 48.7 Å². The summed E-state index contributed by atoms with van der Waals surface area (Å²) in [5, 5.41) is 2.94. The first-order valence-electron chi connectivity index (χ1n) is 10.3. The summed E-state index contributed by atoms with van der Waals surface area (Å²) in [5.41, 5.74) is 2.59. The Hall–Kier alpha value is -3.52. The highest BCUT2D eigenvalue weighted by Crippen LogP contribution is 2.37. The molecule has 2 amide bonds. The predicted octanol–water partition coefficient (Wildman–Crippen LogP) is 4.09. The Morgan fingerprint density at radius 2 is 1.97 bits per heavy atom. The van der Waals surface area contributed by atoms with Gasteiger partial charge in [0.2, 0.25) is 18.6 Å². The van der Waals surface area contributed by atoms with Crippen LogP contribution in [0.5, 0.6) is 11.5 Å². The second-order valence-corrected chi connectivity index (χ2v) is 8.66. The molecule has 1 aromatic heterocycles. The van der Waals surface area contributed by atoms with Crippen LogP contribution in [0, 0.1) is 5.92 Å². The average Bonchev–Trinajstić information content (AvgIpc) is 3.45. The largest absolute Gasteiger partial charge is 0.454 e. The van der Waals surface area contributed by atoms with Crippen LogP contribution >= 0.6 is 11.8 Å². The van der Waals surface area contributed by atoms with Gasteiger partial charge in [0, 0.05) is 53.4 Å². The zero-order valence-corrected chi connectivity index (χ0v) is 18.0. The number of pyridine rings is 1. The molecule has 2 aliphatic rings. The van der Waals surface area contributed by atoms with Gasteiger partial charge in [-0.05, 0) is 48.0 Å². The molecule has 1 fully saturated rings. The lowest BCUT2D eigenvalue weighted by atomic mass is 10.1. The van der Waals surface area contributed by atoms with Crippen LogP contribution in [0.15, 0.2) is 71.9 Å². The molecular weight excluding hydrogens is 426 g/mol. The highest BCUT2D eigenvalue weighted by molar-refractivity contribution is 7.98. The number of thioether (sulfide) groups is 1. The van der Waals surface area contributed by atoms with E-state index in [2.05, 4.69) is 10.3 Å². The fourth-order valence-electron chi connectivity index (χ4n) is 3.71. The van der Waals surface area contributed by atoms with Crippen molar-refractivity contribution in [2.24, 2.45) is 5.92 Å². The molecule has 0 bridgehead atoms. The van der Waals surface area contributed by atoms with Crippen molar-refractivity contribution in [3.8, 4) is 11.5 Å². The molecular formula is C24H21N3O4S. The number of amides is 2. The highest BCUT2D eigenvalue weighted by Gasteiger charge is 2.35. The summed E-state index contributed by atoms with van der Waals surface area (Å²) in [4.78, 5) is 32.2. The van der Waals surface area contributed by atoms with Crippen LogP contribution in [0.4, 0.5) is 11.4 Å². The Morgan fingerprint density at radius 3 is 2.78 bits per heavy atom. The molecule has 8 heteroatoms. The number of nitrogens with zero attached hydrogens (tertiary/aromatic N) is 2. The van der Waals surface area contributed by atoms with Gasteiger partial charge in [0.05, 0.1) is 5.92 Å². The minimum Gasteiger partial charge on any atom is -0.454 e. The number of carbonyl (C=O) groups is 2. The van der Waals surface area contributed by atoms with Crippen molar-refractivity contribution in [1.29, 1.82) is 0 Å². The lowest BCUT2D eigenvalue weighted by molar-refractivity contribution is -0.122. The van der Waals surface area contributed by atoms with E-state index in [9.17, 15) is 9.59 Å². The van der Waals surface area contributed by atoms with Gasteiger partial charge in [-0.2, -0.15) is 0 Å². The molecule has 2 aliphatic heterocycles. The highest BCUT2D eigenvalue weighted by atomic mass is 32.2. The molecule has 5 rings (SSSR count). The van der Waals surface area contributed by atoms with Crippen molar-refractivity contribution in [2.45, 2.75) is 17.1 Å². The molecule has 1 atom stereocenters. The van der Waals surface area contributed by atoms with Crippen molar-refractivity contribution in [1.82, 2.24) is 4.98 Å². The van der Waals surface area contributed by atoms with E-state index in [0.29, 0.717) is 23.7 Å². The van der Waals surface area contributed by atoms with E-state index in [0.717, 1.165) is 21.9 Å². The summed E-state index contributed by atoms with van der Waals surface area (Å²) in [5.74, 6) is 1.47. The number of benzene rings is 2. The molecule has 162 valence electrons. The minimum absolute atomic E-state index is 0.0776. The Bertz CT molecular complexity index is 1140. The third-order valence-electron chi connectivity index (χ3n) is 5.41. The summed E-state index contributed by atoms with van der Waals surface area (Å²) >= 11 is 1.71. The van der Waals surface area contributed by atoms with Gasteiger partial charge in [-0.25, -0.2) is 0 Å². The topological polar surface area (TPSA) is 80.8 Å². The van der Waals surface area contributed by atoms with Crippen molar-refractivity contribution in [3.05, 3.63) is 72.6 Å². The Morgan fingerprint density at radius 1 is 1.12 bits per heavy atom. The molecule has 1 N–H and O–H groups in total. The monoisotopic (exact) mass is 447 g/mol. The van der Waals surface area contributed by atoms with Gasteiger partial charge in [-0.15, -0.1) is 11.8 Å². The van der Waals surface area contributed by atoms with Gasteiger partial charge >= 0.3 is 0 Å². The Kier molecular flexibility index (Phi) is 5.68. The SMILES string of the molecule is O=C(Nc1ccc(SCc2cccnc2)cc1)C1CC(=O)N(c2ccc3c(c2)OCO3)C1. The zero-order chi connectivity index (χ0) is 21.9. The number of nitrogens with one attached hydrogen (secondary N) is 1. The number of hydrogen-bond acceptors (Lipinski definition) is 6. The van der Waals surface area contributed by atoms with E-state index < -0.39 is 5.92 Å². The first-order valence-corrected chi connectivity index (χ1v) is 11.3. The van der Waals surface area contributed by atoms with Gasteiger partial charge in [0.15, 0.2) is 11.5 Å². The van der Waals surface area contributed by atoms with Crippen molar-refractivity contribution >= 4 is 35.0 Å². The van der Waals surface area contributed by atoms with Crippen LogP contribution in [0.2, 0.25) is 0 Å². The summed E-state index contributed by atoms with van der Waals surface area (Å²) < 4.78 is 10.7. The van der Waals surface area contributed by atoms with Crippen LogP contribution in [0.3, 0.4) is 0 Å². The minimum atomic E-state index is -0.410. The van der Waals surface area contributed by atoms with Crippen molar-refractivity contribution < 1.29 is 19.1 Å². The standard InChI is InChI=1S/C24H21N3O4S/c28-23-10-17(13-27(23)19-5-8-21-22(11-19)31-15-30-21)24(29)26-18-3-6-20(7-4-18)32-14-16-2-1-9-25-12-16/h1-9,11-12,17H,10,13-15H2,(H,26,29). The number of anilines is 2. The molecule has 0 saturated carbocycles. The molecule has 0 aliphatic carbocycles. The van der Waals surface area contributed by atoms with E-state index >= 15 is 0 Å². The molecule has 0 spiro atoms. The number of carbonyl (C=O) groups excluding carboxylic acids is 2. The first kappa shape index (κ1) is 20.4. The van der Waals surface area contributed by atoms with E-state index in [-0.39, 0.29) is 25.0 Å². The molecule has 3 aromatic rings. The number of ether oxygens (including phenoxy) is 2. The smallest absolute Gasteiger partial charge is 0.231 e.